The van der Waals surface area contributed by atoms with Crippen LogP contribution in [0.3, 0.4) is 0 Å². The number of hydrogen-bond donors (Lipinski definition) is 1. The number of rotatable bonds is 6. The molecule has 0 unspecified atom stereocenters. The van der Waals surface area contributed by atoms with Gasteiger partial charge >= 0.3 is 0 Å². The number of fused-ring (bicyclic) bond motifs is 1. The number of anilines is 2. The Morgan fingerprint density at radius 1 is 1.04 bits per heavy atom. The molecule has 0 spiro atoms. The van der Waals surface area contributed by atoms with Crippen molar-refractivity contribution in [3.8, 4) is 11.5 Å². The highest BCUT2D eigenvalue weighted by Crippen LogP contribution is 2.32. The number of benzene rings is 2. The molecule has 1 aliphatic rings. The highest BCUT2D eigenvalue weighted by Gasteiger charge is 2.15. The number of nitrogens with zero attached hydrogens (tertiary/aromatic N) is 1. The maximum absolute atomic E-state index is 12.3. The van der Waals surface area contributed by atoms with Crippen molar-refractivity contribution in [1.29, 1.82) is 0 Å². The summed E-state index contributed by atoms with van der Waals surface area (Å²) in [5.41, 5.74) is 2.65. The molecule has 1 N–H and O–H groups in total. The molecule has 2 aromatic rings. The molecule has 2 amide bonds. The monoisotopic (exact) mass is 368 g/mol. The maximum Gasteiger partial charge on any atom is 0.226 e. The Labute approximate surface area is 159 Å². The molecule has 0 aromatic heterocycles. The van der Waals surface area contributed by atoms with Gasteiger partial charge in [0.15, 0.2) is 11.5 Å². The molecule has 0 radical (unpaired) electrons. The largest absolute Gasteiger partial charge is 0.486 e. The van der Waals surface area contributed by atoms with E-state index >= 15 is 0 Å². The van der Waals surface area contributed by atoms with Gasteiger partial charge in [0, 0.05) is 37.3 Å². The van der Waals surface area contributed by atoms with Gasteiger partial charge in [0.1, 0.15) is 13.2 Å². The van der Waals surface area contributed by atoms with Crippen LogP contribution in [0.1, 0.15) is 25.8 Å². The van der Waals surface area contributed by atoms with Gasteiger partial charge in [-0.15, -0.1) is 0 Å². The van der Waals surface area contributed by atoms with Gasteiger partial charge < -0.3 is 19.7 Å². The van der Waals surface area contributed by atoms with E-state index in [2.05, 4.69) is 12.2 Å². The van der Waals surface area contributed by atoms with Crippen molar-refractivity contribution < 1.29 is 19.1 Å². The second kappa shape index (κ2) is 8.58. The molecule has 1 aliphatic heterocycles. The van der Waals surface area contributed by atoms with Gasteiger partial charge in [0.2, 0.25) is 11.8 Å². The molecule has 0 bridgehead atoms. The molecule has 0 saturated heterocycles. The molecule has 0 atom stereocenters. The van der Waals surface area contributed by atoms with Gasteiger partial charge in [0.05, 0.1) is 0 Å². The lowest BCUT2D eigenvalue weighted by atomic mass is 10.1. The van der Waals surface area contributed by atoms with Crippen molar-refractivity contribution in [3.63, 3.8) is 0 Å². The molecule has 6 heteroatoms. The highest BCUT2D eigenvalue weighted by molar-refractivity contribution is 5.95. The molecule has 0 fully saturated rings. The van der Waals surface area contributed by atoms with Gasteiger partial charge in [-0.3, -0.25) is 9.59 Å². The van der Waals surface area contributed by atoms with E-state index in [0.29, 0.717) is 36.9 Å². The topological polar surface area (TPSA) is 67.9 Å². The van der Waals surface area contributed by atoms with Crippen molar-refractivity contribution in [1.82, 2.24) is 0 Å². The van der Waals surface area contributed by atoms with Crippen molar-refractivity contribution in [2.75, 3.05) is 30.0 Å². The second-order valence-electron chi connectivity index (χ2n) is 6.35. The van der Waals surface area contributed by atoms with E-state index in [9.17, 15) is 9.59 Å². The fourth-order valence-corrected chi connectivity index (χ4v) is 2.94. The van der Waals surface area contributed by atoms with Gasteiger partial charge in [-0.2, -0.15) is 0 Å². The summed E-state index contributed by atoms with van der Waals surface area (Å²) in [4.78, 5) is 25.9. The number of aryl methyl sites for hydroxylation is 1. The lowest BCUT2D eigenvalue weighted by molar-refractivity contribution is -0.117. The van der Waals surface area contributed by atoms with E-state index < -0.39 is 0 Å². The van der Waals surface area contributed by atoms with Crippen LogP contribution in [0.15, 0.2) is 42.5 Å². The summed E-state index contributed by atoms with van der Waals surface area (Å²) < 4.78 is 11.0. The smallest absolute Gasteiger partial charge is 0.226 e. The van der Waals surface area contributed by atoms with E-state index in [0.717, 1.165) is 12.1 Å². The van der Waals surface area contributed by atoms with E-state index in [1.165, 1.54) is 12.5 Å². The number of carbonyl (C=O) groups is 2. The Balaban J connectivity index is 1.60. The molecule has 142 valence electrons. The number of amides is 2. The molecular formula is C21H24N2O4. The summed E-state index contributed by atoms with van der Waals surface area (Å²) in [6.07, 6.45) is 1.14. The first-order valence-electron chi connectivity index (χ1n) is 9.13. The minimum Gasteiger partial charge on any atom is -0.486 e. The number of nitrogens with one attached hydrogen (secondary N) is 1. The molecule has 1 heterocycles. The minimum atomic E-state index is -0.164. The van der Waals surface area contributed by atoms with Gasteiger partial charge in [-0.05, 0) is 36.2 Å². The molecule has 0 saturated carbocycles. The van der Waals surface area contributed by atoms with Crippen LogP contribution in [0.4, 0.5) is 11.4 Å². The van der Waals surface area contributed by atoms with Crippen molar-refractivity contribution in [2.24, 2.45) is 0 Å². The molecule has 3 rings (SSSR count). The summed E-state index contributed by atoms with van der Waals surface area (Å²) >= 11 is 0. The third-order valence-electron chi connectivity index (χ3n) is 4.42. The van der Waals surface area contributed by atoms with Crippen molar-refractivity contribution in [3.05, 3.63) is 48.0 Å². The first kappa shape index (κ1) is 18.8. The molecular weight excluding hydrogens is 344 g/mol. The second-order valence-corrected chi connectivity index (χ2v) is 6.35. The Bertz CT molecular complexity index is 817. The Morgan fingerprint density at radius 2 is 1.74 bits per heavy atom. The zero-order chi connectivity index (χ0) is 19.2. The van der Waals surface area contributed by atoms with Crippen LogP contribution < -0.4 is 19.7 Å². The van der Waals surface area contributed by atoms with Crippen LogP contribution in [-0.4, -0.2) is 31.6 Å². The lowest BCUT2D eigenvalue weighted by Gasteiger charge is -2.21. The summed E-state index contributed by atoms with van der Waals surface area (Å²) in [7, 11) is 0. The van der Waals surface area contributed by atoms with E-state index in [-0.39, 0.29) is 18.2 Å². The standard InChI is InChI=1S/C21H24N2O4/c1-3-16-4-7-18(8-5-16)23(15(2)24)11-10-21(25)22-17-6-9-19-20(14-17)27-13-12-26-19/h4-9,14H,3,10-13H2,1-2H3,(H,22,25). The third kappa shape index (κ3) is 4.78. The number of ether oxygens (including phenoxy) is 2. The first-order chi connectivity index (χ1) is 13.1. The van der Waals surface area contributed by atoms with Crippen LogP contribution >= 0.6 is 0 Å². The van der Waals surface area contributed by atoms with E-state index in [1.807, 2.05) is 24.3 Å². The Kier molecular flexibility index (Phi) is 5.96. The van der Waals surface area contributed by atoms with Gasteiger partial charge in [-0.1, -0.05) is 19.1 Å². The fraction of sp³-hybridized carbons (Fsp3) is 0.333. The highest BCUT2D eigenvalue weighted by atomic mass is 16.6. The number of carbonyl (C=O) groups excluding carboxylic acids is 2. The predicted molar refractivity (Wildman–Crippen MR) is 105 cm³/mol. The third-order valence-corrected chi connectivity index (χ3v) is 4.42. The lowest BCUT2D eigenvalue weighted by Crippen LogP contribution is -2.31. The van der Waals surface area contributed by atoms with Crippen LogP contribution in [-0.2, 0) is 16.0 Å². The van der Waals surface area contributed by atoms with Crippen molar-refractivity contribution in [2.45, 2.75) is 26.7 Å². The average Bonchev–Trinajstić information content (AvgIpc) is 2.68. The molecule has 2 aromatic carbocycles. The normalized spacial score (nSPS) is 12.4. The summed E-state index contributed by atoms with van der Waals surface area (Å²) in [5.74, 6) is 1.05. The zero-order valence-electron chi connectivity index (χ0n) is 15.7. The van der Waals surface area contributed by atoms with E-state index in [1.54, 1.807) is 23.1 Å². The van der Waals surface area contributed by atoms with Crippen LogP contribution in [0.25, 0.3) is 0 Å². The fourth-order valence-electron chi connectivity index (χ4n) is 2.94. The maximum atomic E-state index is 12.3. The summed E-state index contributed by atoms with van der Waals surface area (Å²) in [6, 6.07) is 13.1. The SMILES string of the molecule is CCc1ccc(N(CCC(=O)Nc2ccc3c(c2)OCCO3)C(C)=O)cc1. The Morgan fingerprint density at radius 3 is 2.41 bits per heavy atom. The van der Waals surface area contributed by atoms with Gasteiger partial charge in [0.25, 0.3) is 0 Å². The molecule has 0 aliphatic carbocycles. The van der Waals surface area contributed by atoms with Gasteiger partial charge in [-0.25, -0.2) is 0 Å². The first-order valence-corrected chi connectivity index (χ1v) is 9.13. The van der Waals surface area contributed by atoms with Crippen molar-refractivity contribution >= 4 is 23.2 Å². The quantitative estimate of drug-likeness (QED) is 0.849. The number of hydrogen-bond acceptors (Lipinski definition) is 4. The zero-order valence-corrected chi connectivity index (χ0v) is 15.7. The molecule has 6 nitrogen and oxygen atoms in total. The summed E-state index contributed by atoms with van der Waals surface area (Å²) in [6.45, 7) is 4.93. The molecule has 27 heavy (non-hydrogen) atoms. The van der Waals surface area contributed by atoms with Crippen LogP contribution in [0.5, 0.6) is 11.5 Å². The minimum absolute atomic E-state index is 0.0913. The summed E-state index contributed by atoms with van der Waals surface area (Å²) in [5, 5.41) is 2.84. The Hall–Kier alpha value is -3.02. The average molecular weight is 368 g/mol. The van der Waals surface area contributed by atoms with Crippen LogP contribution in [0.2, 0.25) is 0 Å². The van der Waals surface area contributed by atoms with E-state index in [4.69, 9.17) is 9.47 Å². The van der Waals surface area contributed by atoms with Crippen LogP contribution in [0, 0.1) is 0 Å². The predicted octanol–water partition coefficient (Wildman–Crippen LogP) is 3.40.